The van der Waals surface area contributed by atoms with Crippen LogP contribution < -0.4 is 0 Å². The lowest BCUT2D eigenvalue weighted by Crippen LogP contribution is -2.13. The quantitative estimate of drug-likeness (QED) is 0.383. The van der Waals surface area contributed by atoms with Crippen LogP contribution in [0.2, 0.25) is 0 Å². The van der Waals surface area contributed by atoms with E-state index in [2.05, 4.69) is 9.98 Å². The molecule has 0 N–H and O–H groups in total. The zero-order valence-electron chi connectivity index (χ0n) is 6.47. The van der Waals surface area contributed by atoms with Crippen molar-refractivity contribution in [2.45, 2.75) is 13.8 Å². The molecule has 3 heteroatoms. The lowest BCUT2D eigenvalue weighted by molar-refractivity contribution is 1.44. The number of aliphatic imine (C=N–C) groups is 2. The van der Waals surface area contributed by atoms with Crippen LogP contribution in [-0.4, -0.2) is 32.6 Å². The summed E-state index contributed by atoms with van der Waals surface area (Å²) >= 11 is 0. The van der Waals surface area contributed by atoms with Gasteiger partial charge in [0.05, 0.1) is 0 Å². The molecule has 0 aliphatic heterocycles. The van der Waals surface area contributed by atoms with Crippen molar-refractivity contribution in [3.63, 3.8) is 0 Å². The Balaban J connectivity index is 3.75. The summed E-state index contributed by atoms with van der Waals surface area (Å²) in [7, 11) is 5.49. The summed E-state index contributed by atoms with van der Waals surface area (Å²) in [5.74, 6) is 0. The molecule has 2 nitrogen and oxygen atoms in total. The first-order valence-electron chi connectivity index (χ1n) is 2.92. The number of hydrogen-bond donors (Lipinski definition) is 0. The fraction of sp³-hybridized carbons (Fsp3) is 0.667. The molecule has 49 valence electrons. The Kier molecular flexibility index (Phi) is 4.02. The van der Waals surface area contributed by atoms with Gasteiger partial charge in [0.2, 0.25) is 7.28 Å². The molecule has 0 saturated heterocycles. The first-order valence-corrected chi connectivity index (χ1v) is 2.92. The first-order chi connectivity index (χ1) is 4.20. The molecule has 0 aromatic rings. The van der Waals surface area contributed by atoms with Crippen LogP contribution in [0.25, 0.3) is 0 Å². The van der Waals surface area contributed by atoms with Gasteiger partial charge in [0.25, 0.3) is 0 Å². The van der Waals surface area contributed by atoms with E-state index in [0.717, 1.165) is 11.2 Å². The minimum atomic E-state index is 1.01. The predicted molar refractivity (Wildman–Crippen MR) is 43.8 cm³/mol. The van der Waals surface area contributed by atoms with Crippen LogP contribution in [0.1, 0.15) is 13.8 Å². The van der Waals surface area contributed by atoms with Gasteiger partial charge in [-0.05, 0) is 25.1 Å². The second-order valence-corrected chi connectivity index (χ2v) is 1.87. The fourth-order valence-corrected chi connectivity index (χ4v) is 0.431. The van der Waals surface area contributed by atoms with Gasteiger partial charge in [0.1, 0.15) is 0 Å². The summed E-state index contributed by atoms with van der Waals surface area (Å²) in [4.78, 5) is 7.91. The highest BCUT2D eigenvalue weighted by atomic mass is 14.7. The van der Waals surface area contributed by atoms with Gasteiger partial charge in [-0.2, -0.15) is 0 Å². The Morgan fingerprint density at radius 1 is 1.00 bits per heavy atom. The van der Waals surface area contributed by atoms with E-state index in [1.807, 2.05) is 21.1 Å². The second-order valence-electron chi connectivity index (χ2n) is 1.87. The van der Waals surface area contributed by atoms with Gasteiger partial charge in [-0.3, -0.25) is 0 Å². The minimum Gasteiger partial charge on any atom is -0.308 e. The molecule has 0 aliphatic carbocycles. The minimum absolute atomic E-state index is 1.01. The van der Waals surface area contributed by atoms with Gasteiger partial charge in [0.15, 0.2) is 0 Å². The van der Waals surface area contributed by atoms with Gasteiger partial charge in [0, 0.05) is 14.1 Å². The molecular formula is C6H12BN2. The van der Waals surface area contributed by atoms with E-state index in [-0.39, 0.29) is 0 Å². The molecular weight excluding hydrogens is 111 g/mol. The molecule has 0 aromatic carbocycles. The summed E-state index contributed by atoms with van der Waals surface area (Å²) in [5.41, 5.74) is 2.02. The summed E-state index contributed by atoms with van der Waals surface area (Å²) in [6.07, 6.45) is 0. The van der Waals surface area contributed by atoms with Crippen molar-refractivity contribution in [2.24, 2.45) is 9.98 Å². The van der Waals surface area contributed by atoms with E-state index in [1.165, 1.54) is 0 Å². The maximum Gasteiger partial charge on any atom is 0.229 e. The molecule has 0 aromatic heterocycles. The standard InChI is InChI=1S/C6H12BN2/c1-5(8-3)7-6(2)9-4/h1-4H3. The molecule has 0 amide bonds. The van der Waals surface area contributed by atoms with Crippen molar-refractivity contribution in [3.8, 4) is 0 Å². The SMILES string of the molecule is CN=C(C)[B]C(C)=NC. The van der Waals surface area contributed by atoms with Crippen molar-refractivity contribution < 1.29 is 0 Å². The molecule has 0 unspecified atom stereocenters. The lowest BCUT2D eigenvalue weighted by Gasteiger charge is -1.93. The smallest absolute Gasteiger partial charge is 0.229 e. The van der Waals surface area contributed by atoms with E-state index >= 15 is 0 Å². The molecule has 0 saturated carbocycles. The maximum absolute atomic E-state index is 3.96. The zero-order valence-corrected chi connectivity index (χ0v) is 6.47. The Bertz CT molecular complexity index is 122. The summed E-state index contributed by atoms with van der Waals surface area (Å²) in [6, 6.07) is 0. The van der Waals surface area contributed by atoms with Crippen molar-refractivity contribution in [1.82, 2.24) is 0 Å². The lowest BCUT2D eigenvalue weighted by atomic mass is 9.68. The highest BCUT2D eigenvalue weighted by molar-refractivity contribution is 6.98. The highest BCUT2D eigenvalue weighted by Gasteiger charge is 1.94. The Hall–Kier alpha value is -0.595. The number of nitrogens with zero attached hydrogens (tertiary/aromatic N) is 2. The van der Waals surface area contributed by atoms with Gasteiger partial charge in [-0.1, -0.05) is 0 Å². The van der Waals surface area contributed by atoms with E-state index in [4.69, 9.17) is 0 Å². The van der Waals surface area contributed by atoms with Crippen LogP contribution in [0.4, 0.5) is 0 Å². The highest BCUT2D eigenvalue weighted by Crippen LogP contribution is 1.76. The fourth-order valence-electron chi connectivity index (χ4n) is 0.431. The third-order valence-corrected chi connectivity index (χ3v) is 1.12. The maximum atomic E-state index is 3.96. The van der Waals surface area contributed by atoms with Gasteiger partial charge >= 0.3 is 0 Å². The predicted octanol–water partition coefficient (Wildman–Crippen LogP) is 0.787. The average Bonchev–Trinajstić information content (AvgIpc) is 1.87. The van der Waals surface area contributed by atoms with Crippen molar-refractivity contribution >= 4 is 18.5 Å². The second kappa shape index (κ2) is 4.30. The van der Waals surface area contributed by atoms with E-state index in [0.29, 0.717) is 0 Å². The van der Waals surface area contributed by atoms with Gasteiger partial charge in [-0.15, -0.1) is 0 Å². The number of hydrogen-bond acceptors (Lipinski definition) is 2. The molecule has 0 atom stereocenters. The molecule has 0 bridgehead atoms. The monoisotopic (exact) mass is 123 g/mol. The Morgan fingerprint density at radius 2 is 1.33 bits per heavy atom. The summed E-state index contributed by atoms with van der Waals surface area (Å²) in [5, 5.41) is 0. The molecule has 0 fully saturated rings. The largest absolute Gasteiger partial charge is 0.308 e. The van der Waals surface area contributed by atoms with Crippen LogP contribution >= 0.6 is 0 Å². The molecule has 1 radical (unpaired) electrons. The molecule has 0 spiro atoms. The van der Waals surface area contributed by atoms with Gasteiger partial charge < -0.3 is 9.98 Å². The summed E-state index contributed by atoms with van der Waals surface area (Å²) < 4.78 is 0. The molecule has 0 aliphatic rings. The third kappa shape index (κ3) is 3.95. The van der Waals surface area contributed by atoms with Crippen molar-refractivity contribution in [2.75, 3.05) is 14.1 Å². The van der Waals surface area contributed by atoms with Crippen LogP contribution in [-0.2, 0) is 0 Å². The van der Waals surface area contributed by atoms with E-state index in [1.54, 1.807) is 14.1 Å². The molecule has 0 heterocycles. The van der Waals surface area contributed by atoms with E-state index in [9.17, 15) is 0 Å². The van der Waals surface area contributed by atoms with Crippen LogP contribution in [0.5, 0.6) is 0 Å². The Morgan fingerprint density at radius 3 is 1.56 bits per heavy atom. The summed E-state index contributed by atoms with van der Waals surface area (Å²) in [6.45, 7) is 3.91. The van der Waals surface area contributed by atoms with E-state index < -0.39 is 0 Å². The average molecular weight is 123 g/mol. The van der Waals surface area contributed by atoms with Crippen LogP contribution in [0.3, 0.4) is 0 Å². The molecule has 9 heavy (non-hydrogen) atoms. The first kappa shape index (κ1) is 8.40. The van der Waals surface area contributed by atoms with Crippen molar-refractivity contribution in [3.05, 3.63) is 0 Å². The normalized spacial score (nSPS) is 13.8. The van der Waals surface area contributed by atoms with Gasteiger partial charge in [-0.25, -0.2) is 0 Å². The van der Waals surface area contributed by atoms with Crippen LogP contribution in [0, 0.1) is 0 Å². The molecule has 0 rings (SSSR count). The zero-order chi connectivity index (χ0) is 7.28. The topological polar surface area (TPSA) is 24.7 Å². The van der Waals surface area contributed by atoms with Crippen molar-refractivity contribution in [1.29, 1.82) is 0 Å². The third-order valence-electron chi connectivity index (χ3n) is 1.12. The number of rotatable bonds is 2. The Labute approximate surface area is 57.3 Å². The van der Waals surface area contributed by atoms with Crippen LogP contribution in [0.15, 0.2) is 9.98 Å².